The van der Waals surface area contributed by atoms with Crippen LogP contribution in [0.1, 0.15) is 25.7 Å². The average Bonchev–Trinajstić information content (AvgIpc) is 2.82. The molecule has 2 rings (SSSR count). The highest BCUT2D eigenvalue weighted by atomic mass is 19.1. The van der Waals surface area contributed by atoms with Gasteiger partial charge in [-0.1, -0.05) is 0 Å². The number of halogens is 1. The largest absolute Gasteiger partial charge is 0.493 e. The lowest BCUT2D eigenvalue weighted by Crippen LogP contribution is -2.37. The number of carbonyl (C=O) groups is 2. The molecule has 1 heterocycles. The molecule has 1 saturated heterocycles. The fourth-order valence-corrected chi connectivity index (χ4v) is 3.06. The minimum Gasteiger partial charge on any atom is -0.493 e. The van der Waals surface area contributed by atoms with E-state index in [2.05, 4.69) is 0 Å². The maximum Gasteiger partial charge on any atom is 0.317 e. The molecule has 0 aliphatic carbocycles. The molecule has 1 aliphatic heterocycles. The third-order valence-corrected chi connectivity index (χ3v) is 4.46. The van der Waals surface area contributed by atoms with E-state index in [0.29, 0.717) is 18.8 Å². The second-order valence-electron chi connectivity index (χ2n) is 6.33. The number of hydrogen-bond donors (Lipinski definition) is 1. The highest BCUT2D eigenvalue weighted by Crippen LogP contribution is 2.17. The number of likely N-dealkylation sites (N-methyl/N-ethyl adjacent to an activating group) is 1. The van der Waals surface area contributed by atoms with Crippen LogP contribution < -0.4 is 4.74 Å². The molecule has 7 heteroatoms. The standard InChI is InChI=1S/C18H25FN2O4/c1-20(13-18(23)24)15-3-2-10-21(11-8-15)17(22)9-12-25-16-6-4-14(19)5-7-16/h4-7,15H,2-3,8-13H2,1H3,(H,23,24). The van der Waals surface area contributed by atoms with Crippen LogP contribution in [0.5, 0.6) is 5.75 Å². The first-order valence-electron chi connectivity index (χ1n) is 8.54. The summed E-state index contributed by atoms with van der Waals surface area (Å²) in [6.45, 7) is 1.59. The first kappa shape index (κ1) is 19.2. The van der Waals surface area contributed by atoms with Crippen molar-refractivity contribution in [2.45, 2.75) is 31.7 Å². The summed E-state index contributed by atoms with van der Waals surface area (Å²) in [4.78, 5) is 26.8. The van der Waals surface area contributed by atoms with Crippen molar-refractivity contribution in [2.75, 3.05) is 33.3 Å². The fourth-order valence-electron chi connectivity index (χ4n) is 3.06. The van der Waals surface area contributed by atoms with Gasteiger partial charge in [0.25, 0.3) is 0 Å². The molecular formula is C18H25FN2O4. The molecule has 1 N–H and O–H groups in total. The number of likely N-dealkylation sites (tertiary alicyclic amines) is 1. The van der Waals surface area contributed by atoms with E-state index in [9.17, 15) is 14.0 Å². The maximum absolute atomic E-state index is 12.8. The summed E-state index contributed by atoms with van der Waals surface area (Å²) < 4.78 is 18.3. The number of carboxylic acids is 1. The van der Waals surface area contributed by atoms with Crippen molar-refractivity contribution >= 4 is 11.9 Å². The van der Waals surface area contributed by atoms with Gasteiger partial charge in [-0.25, -0.2) is 4.39 Å². The van der Waals surface area contributed by atoms with Crippen LogP contribution in [0, 0.1) is 5.82 Å². The normalized spacial score (nSPS) is 18.0. The fraction of sp³-hybridized carbons (Fsp3) is 0.556. The zero-order valence-corrected chi connectivity index (χ0v) is 14.5. The van der Waals surface area contributed by atoms with Gasteiger partial charge in [-0.15, -0.1) is 0 Å². The number of carboxylic acid groups (broad SMARTS) is 1. The van der Waals surface area contributed by atoms with Gasteiger partial charge in [-0.3, -0.25) is 14.5 Å². The van der Waals surface area contributed by atoms with Crippen molar-refractivity contribution in [3.05, 3.63) is 30.1 Å². The SMILES string of the molecule is CN(CC(=O)O)C1CCCN(C(=O)CCOc2ccc(F)cc2)CC1. The maximum atomic E-state index is 12.8. The number of hydrogen-bond acceptors (Lipinski definition) is 4. The minimum absolute atomic E-state index is 0.0180. The van der Waals surface area contributed by atoms with E-state index >= 15 is 0 Å². The first-order chi connectivity index (χ1) is 12.0. The van der Waals surface area contributed by atoms with Crippen LogP contribution in [0.15, 0.2) is 24.3 Å². The predicted molar refractivity (Wildman–Crippen MR) is 91.0 cm³/mol. The molecule has 1 aliphatic rings. The zero-order chi connectivity index (χ0) is 18.2. The lowest BCUT2D eigenvalue weighted by molar-refractivity contribution is -0.138. The van der Waals surface area contributed by atoms with Gasteiger partial charge in [0.15, 0.2) is 0 Å². The highest BCUT2D eigenvalue weighted by molar-refractivity contribution is 5.76. The third-order valence-electron chi connectivity index (χ3n) is 4.46. The van der Waals surface area contributed by atoms with Crippen molar-refractivity contribution in [2.24, 2.45) is 0 Å². The zero-order valence-electron chi connectivity index (χ0n) is 14.5. The summed E-state index contributed by atoms with van der Waals surface area (Å²) in [6.07, 6.45) is 2.79. The number of benzene rings is 1. The van der Waals surface area contributed by atoms with Crippen LogP contribution in [0.25, 0.3) is 0 Å². The molecule has 0 bridgehead atoms. The van der Waals surface area contributed by atoms with Crippen molar-refractivity contribution < 1.29 is 23.8 Å². The Balaban J connectivity index is 1.74. The van der Waals surface area contributed by atoms with Crippen LogP contribution in [0.4, 0.5) is 4.39 Å². The lowest BCUT2D eigenvalue weighted by atomic mass is 10.1. The van der Waals surface area contributed by atoms with Crippen molar-refractivity contribution in [3.63, 3.8) is 0 Å². The summed E-state index contributed by atoms with van der Waals surface area (Å²) in [5, 5.41) is 8.89. The number of ether oxygens (including phenoxy) is 1. The molecule has 1 atom stereocenters. The van der Waals surface area contributed by atoms with Gasteiger partial charge in [0.1, 0.15) is 11.6 Å². The Hall–Kier alpha value is -2.15. The Morgan fingerprint density at radius 2 is 2.00 bits per heavy atom. The average molecular weight is 352 g/mol. The molecule has 0 spiro atoms. The van der Waals surface area contributed by atoms with Gasteiger partial charge < -0.3 is 14.7 Å². The number of aliphatic carboxylic acids is 1. The minimum atomic E-state index is -0.836. The molecule has 1 amide bonds. The summed E-state index contributed by atoms with van der Waals surface area (Å²) >= 11 is 0. The molecule has 6 nitrogen and oxygen atoms in total. The number of amides is 1. The van der Waals surface area contributed by atoms with Crippen LogP contribution >= 0.6 is 0 Å². The first-order valence-corrected chi connectivity index (χ1v) is 8.54. The van der Waals surface area contributed by atoms with Crippen LogP contribution in [0.3, 0.4) is 0 Å². The molecule has 1 aromatic carbocycles. The monoisotopic (exact) mass is 352 g/mol. The second kappa shape index (κ2) is 9.36. The van der Waals surface area contributed by atoms with Gasteiger partial charge in [0, 0.05) is 19.1 Å². The topological polar surface area (TPSA) is 70.1 Å². The molecule has 1 aromatic rings. The third kappa shape index (κ3) is 6.34. The van der Waals surface area contributed by atoms with E-state index in [1.54, 1.807) is 0 Å². The smallest absolute Gasteiger partial charge is 0.317 e. The summed E-state index contributed by atoms with van der Waals surface area (Å²) in [5.74, 6) is -0.586. The van der Waals surface area contributed by atoms with Gasteiger partial charge in [-0.05, 0) is 50.6 Å². The molecule has 1 unspecified atom stereocenters. The molecule has 0 radical (unpaired) electrons. The van der Waals surface area contributed by atoms with E-state index in [0.717, 1.165) is 19.3 Å². The molecule has 0 aromatic heterocycles. The van der Waals surface area contributed by atoms with Crippen LogP contribution in [-0.2, 0) is 9.59 Å². The summed E-state index contributed by atoms with van der Waals surface area (Å²) in [5.41, 5.74) is 0. The Kier molecular flexibility index (Phi) is 7.18. The number of rotatable bonds is 7. The Morgan fingerprint density at radius 1 is 1.28 bits per heavy atom. The molecule has 1 fully saturated rings. The summed E-state index contributed by atoms with van der Waals surface area (Å²) in [7, 11) is 1.81. The van der Waals surface area contributed by atoms with Gasteiger partial charge >= 0.3 is 5.97 Å². The van der Waals surface area contributed by atoms with E-state index in [1.165, 1.54) is 24.3 Å². The van der Waals surface area contributed by atoms with Crippen molar-refractivity contribution in [1.82, 2.24) is 9.80 Å². The summed E-state index contributed by atoms with van der Waals surface area (Å²) in [6, 6.07) is 5.90. The Bertz CT molecular complexity index is 579. The Morgan fingerprint density at radius 3 is 2.68 bits per heavy atom. The van der Waals surface area contributed by atoms with Gasteiger partial charge in [-0.2, -0.15) is 0 Å². The molecule has 138 valence electrons. The molecule has 0 saturated carbocycles. The van der Waals surface area contributed by atoms with E-state index in [4.69, 9.17) is 9.84 Å². The lowest BCUT2D eigenvalue weighted by Gasteiger charge is -2.25. The van der Waals surface area contributed by atoms with Crippen molar-refractivity contribution in [3.8, 4) is 5.75 Å². The molecular weight excluding hydrogens is 327 g/mol. The van der Waals surface area contributed by atoms with E-state index in [1.807, 2.05) is 16.8 Å². The van der Waals surface area contributed by atoms with E-state index in [-0.39, 0.29) is 37.3 Å². The number of carbonyl (C=O) groups excluding carboxylic acids is 1. The van der Waals surface area contributed by atoms with Gasteiger partial charge in [0.2, 0.25) is 5.91 Å². The van der Waals surface area contributed by atoms with Crippen LogP contribution in [0.2, 0.25) is 0 Å². The predicted octanol–water partition coefficient (Wildman–Crippen LogP) is 1.99. The van der Waals surface area contributed by atoms with Crippen molar-refractivity contribution in [1.29, 1.82) is 0 Å². The quantitative estimate of drug-likeness (QED) is 0.813. The second-order valence-corrected chi connectivity index (χ2v) is 6.33. The van der Waals surface area contributed by atoms with E-state index < -0.39 is 5.97 Å². The molecule has 25 heavy (non-hydrogen) atoms. The Labute approximate surface area is 147 Å². The number of nitrogens with zero attached hydrogens (tertiary/aromatic N) is 2. The van der Waals surface area contributed by atoms with Crippen LogP contribution in [-0.4, -0.2) is 66.1 Å². The highest BCUT2D eigenvalue weighted by Gasteiger charge is 2.23. The van der Waals surface area contributed by atoms with Gasteiger partial charge in [0.05, 0.1) is 19.6 Å².